The summed E-state index contributed by atoms with van der Waals surface area (Å²) in [4.78, 5) is 20.5. The van der Waals surface area contributed by atoms with Gasteiger partial charge in [-0.1, -0.05) is 49.4 Å². The van der Waals surface area contributed by atoms with E-state index in [-0.39, 0.29) is 10.6 Å². The molecule has 34 heavy (non-hydrogen) atoms. The number of nitrogens with zero attached hydrogens (tertiary/aromatic N) is 4. The molecule has 0 bridgehead atoms. The Morgan fingerprint density at radius 3 is 2.50 bits per heavy atom. The van der Waals surface area contributed by atoms with E-state index in [0.29, 0.717) is 35.3 Å². The summed E-state index contributed by atoms with van der Waals surface area (Å²) in [6.45, 7) is 4.21. The fourth-order valence-electron chi connectivity index (χ4n) is 3.86. The summed E-state index contributed by atoms with van der Waals surface area (Å²) in [6.07, 6.45) is 2.12. The minimum absolute atomic E-state index is 0.0130. The van der Waals surface area contributed by atoms with Crippen LogP contribution in [-0.4, -0.2) is 34.0 Å². The molecule has 0 atom stereocenters. The standard InChI is InChI=1S/C24H21N5O4S/c1-3-21-28-22-15(2)12-19(24(30)31)27-23(22)29(21)13-16-8-10-17(11-9-16)18-6-4-5-7-20(18)34(32,33)26-14-25/h4-12,26H,3,13H2,1-2H3,(H,30,31). The molecule has 10 heteroatoms. The second-order valence-corrected chi connectivity index (χ2v) is 9.33. The van der Waals surface area contributed by atoms with Crippen molar-refractivity contribution in [1.29, 1.82) is 5.26 Å². The average molecular weight is 476 g/mol. The van der Waals surface area contributed by atoms with Crippen LogP contribution in [0, 0.1) is 18.4 Å². The first-order valence-electron chi connectivity index (χ1n) is 10.4. The van der Waals surface area contributed by atoms with Gasteiger partial charge in [0.1, 0.15) is 11.3 Å². The van der Waals surface area contributed by atoms with E-state index in [9.17, 15) is 18.3 Å². The second-order valence-electron chi connectivity index (χ2n) is 7.68. The molecule has 4 aromatic rings. The number of nitriles is 1. The molecular weight excluding hydrogens is 454 g/mol. The lowest BCUT2D eigenvalue weighted by molar-refractivity contribution is 0.0690. The topological polar surface area (TPSA) is 138 Å². The van der Waals surface area contributed by atoms with Crippen LogP contribution in [0.2, 0.25) is 0 Å². The number of aryl methyl sites for hydroxylation is 2. The molecule has 4 rings (SSSR count). The van der Waals surface area contributed by atoms with Gasteiger partial charge in [-0.2, -0.15) is 5.26 Å². The maximum Gasteiger partial charge on any atom is 0.354 e. The van der Waals surface area contributed by atoms with Crippen molar-refractivity contribution in [3.63, 3.8) is 0 Å². The Hall–Kier alpha value is -4.23. The number of fused-ring (bicyclic) bond motifs is 1. The Balaban J connectivity index is 1.73. The average Bonchev–Trinajstić information content (AvgIpc) is 3.17. The summed E-state index contributed by atoms with van der Waals surface area (Å²) in [6, 6.07) is 15.3. The smallest absolute Gasteiger partial charge is 0.354 e. The number of pyridine rings is 1. The fourth-order valence-corrected chi connectivity index (χ4v) is 4.82. The number of nitrogens with one attached hydrogen (secondary N) is 1. The molecule has 2 aromatic heterocycles. The summed E-state index contributed by atoms with van der Waals surface area (Å²) < 4.78 is 28.6. The van der Waals surface area contributed by atoms with Gasteiger partial charge in [-0.3, -0.25) is 0 Å². The lowest BCUT2D eigenvalue weighted by Gasteiger charge is -2.11. The number of aromatic carboxylic acids is 1. The summed E-state index contributed by atoms with van der Waals surface area (Å²) in [5.74, 6) is -0.309. The van der Waals surface area contributed by atoms with Crippen LogP contribution in [-0.2, 0) is 23.0 Å². The zero-order valence-electron chi connectivity index (χ0n) is 18.5. The summed E-state index contributed by atoms with van der Waals surface area (Å²) in [5, 5.41) is 18.2. The van der Waals surface area contributed by atoms with Gasteiger partial charge in [0.05, 0.1) is 11.4 Å². The molecule has 0 saturated carbocycles. The second kappa shape index (κ2) is 8.96. The molecule has 9 nitrogen and oxygen atoms in total. The van der Waals surface area contributed by atoms with Crippen LogP contribution in [0.15, 0.2) is 59.5 Å². The van der Waals surface area contributed by atoms with Gasteiger partial charge in [-0.25, -0.2) is 27.9 Å². The van der Waals surface area contributed by atoms with Crippen LogP contribution < -0.4 is 4.72 Å². The zero-order chi connectivity index (χ0) is 24.5. The molecule has 0 saturated heterocycles. The zero-order valence-corrected chi connectivity index (χ0v) is 19.3. The van der Waals surface area contributed by atoms with E-state index in [1.165, 1.54) is 18.3 Å². The minimum atomic E-state index is -3.97. The molecule has 0 amide bonds. The number of carbonyl (C=O) groups is 1. The van der Waals surface area contributed by atoms with Crippen LogP contribution in [0.4, 0.5) is 0 Å². The predicted molar refractivity (Wildman–Crippen MR) is 126 cm³/mol. The number of aromatic nitrogens is 3. The Bertz CT molecular complexity index is 1550. The number of hydrogen-bond acceptors (Lipinski definition) is 6. The van der Waals surface area contributed by atoms with Crippen molar-refractivity contribution in [3.05, 3.63) is 77.2 Å². The van der Waals surface area contributed by atoms with Crippen LogP contribution in [0.3, 0.4) is 0 Å². The molecule has 172 valence electrons. The predicted octanol–water partition coefficient (Wildman–Crippen LogP) is 3.48. The molecule has 2 heterocycles. The Morgan fingerprint density at radius 2 is 1.85 bits per heavy atom. The first kappa shape index (κ1) is 22.9. The van der Waals surface area contributed by atoms with Crippen LogP contribution >= 0.6 is 0 Å². The maximum atomic E-state index is 12.4. The van der Waals surface area contributed by atoms with E-state index < -0.39 is 16.0 Å². The number of rotatable bonds is 7. The van der Waals surface area contributed by atoms with E-state index >= 15 is 0 Å². The monoisotopic (exact) mass is 475 g/mol. The van der Waals surface area contributed by atoms with Gasteiger partial charge >= 0.3 is 5.97 Å². The number of carboxylic acid groups (broad SMARTS) is 1. The molecule has 0 radical (unpaired) electrons. The molecule has 0 aliphatic rings. The third kappa shape index (κ3) is 4.21. The Kier molecular flexibility index (Phi) is 6.04. The van der Waals surface area contributed by atoms with E-state index in [1.807, 2.05) is 47.4 Å². The molecule has 2 aromatic carbocycles. The van der Waals surface area contributed by atoms with Crippen molar-refractivity contribution in [2.24, 2.45) is 0 Å². The normalized spacial score (nSPS) is 11.3. The lowest BCUT2D eigenvalue weighted by atomic mass is 10.0. The van der Waals surface area contributed by atoms with Gasteiger partial charge < -0.3 is 9.67 Å². The molecule has 0 aliphatic heterocycles. The van der Waals surface area contributed by atoms with Crippen LogP contribution in [0.1, 0.15) is 34.4 Å². The number of carboxylic acids is 1. The van der Waals surface area contributed by atoms with Gasteiger partial charge in [0.25, 0.3) is 10.0 Å². The van der Waals surface area contributed by atoms with E-state index in [4.69, 9.17) is 5.26 Å². The Labute approximate surface area is 196 Å². The Morgan fingerprint density at radius 1 is 1.15 bits per heavy atom. The highest BCUT2D eigenvalue weighted by Gasteiger charge is 2.19. The number of sulfonamides is 1. The SMILES string of the molecule is CCc1nc2c(C)cc(C(=O)O)nc2n1Cc1ccc(-c2ccccc2S(=O)(=O)NC#N)cc1. The van der Waals surface area contributed by atoms with Gasteiger partial charge in [-0.05, 0) is 35.7 Å². The van der Waals surface area contributed by atoms with Crippen molar-refractivity contribution < 1.29 is 18.3 Å². The quantitative estimate of drug-likeness (QED) is 0.308. The molecular formula is C24H21N5O4S. The molecule has 0 spiro atoms. The highest BCUT2D eigenvalue weighted by atomic mass is 32.2. The molecule has 0 aliphatic carbocycles. The minimum Gasteiger partial charge on any atom is -0.477 e. The molecule has 2 N–H and O–H groups in total. The van der Waals surface area contributed by atoms with Gasteiger partial charge in [0.15, 0.2) is 17.5 Å². The first-order chi connectivity index (χ1) is 16.2. The first-order valence-corrected chi connectivity index (χ1v) is 11.9. The van der Waals surface area contributed by atoms with Crippen molar-refractivity contribution in [2.45, 2.75) is 31.7 Å². The highest BCUT2D eigenvalue weighted by molar-refractivity contribution is 7.89. The van der Waals surface area contributed by atoms with Crippen LogP contribution in [0.5, 0.6) is 0 Å². The summed E-state index contributed by atoms with van der Waals surface area (Å²) >= 11 is 0. The van der Waals surface area contributed by atoms with E-state index in [0.717, 1.165) is 17.0 Å². The van der Waals surface area contributed by atoms with Crippen molar-refractivity contribution in [2.75, 3.05) is 0 Å². The van der Waals surface area contributed by atoms with E-state index in [1.54, 1.807) is 18.2 Å². The van der Waals surface area contributed by atoms with Crippen molar-refractivity contribution in [3.8, 4) is 17.3 Å². The van der Waals surface area contributed by atoms with Crippen molar-refractivity contribution >= 4 is 27.2 Å². The molecule has 0 fully saturated rings. The van der Waals surface area contributed by atoms with Crippen molar-refractivity contribution in [1.82, 2.24) is 19.3 Å². The van der Waals surface area contributed by atoms with E-state index in [2.05, 4.69) is 9.97 Å². The lowest BCUT2D eigenvalue weighted by Crippen LogP contribution is -2.18. The maximum absolute atomic E-state index is 12.4. The number of benzene rings is 2. The largest absolute Gasteiger partial charge is 0.477 e. The number of imidazole rings is 1. The van der Waals surface area contributed by atoms with Crippen LogP contribution in [0.25, 0.3) is 22.3 Å². The third-order valence-corrected chi connectivity index (χ3v) is 6.77. The summed E-state index contributed by atoms with van der Waals surface area (Å²) in [7, 11) is -3.97. The highest BCUT2D eigenvalue weighted by Crippen LogP contribution is 2.28. The fraction of sp³-hybridized carbons (Fsp3) is 0.167. The molecule has 0 unspecified atom stereocenters. The summed E-state index contributed by atoms with van der Waals surface area (Å²) in [5.41, 5.74) is 3.95. The third-order valence-electron chi connectivity index (χ3n) is 5.47. The van der Waals surface area contributed by atoms with Gasteiger partial charge in [-0.15, -0.1) is 0 Å². The van der Waals surface area contributed by atoms with Gasteiger partial charge in [0.2, 0.25) is 0 Å². The number of hydrogen-bond donors (Lipinski definition) is 2. The van der Waals surface area contributed by atoms with Gasteiger partial charge in [0, 0.05) is 12.0 Å².